The zero-order valence-corrected chi connectivity index (χ0v) is 18.4. The smallest absolute Gasteiger partial charge is 0.230 e. The van der Waals surface area contributed by atoms with Crippen LogP contribution >= 0.6 is 23.2 Å². The van der Waals surface area contributed by atoms with Crippen LogP contribution < -0.4 is 10.1 Å². The van der Waals surface area contributed by atoms with Crippen molar-refractivity contribution in [3.8, 4) is 5.75 Å². The molecule has 1 aliphatic heterocycles. The number of likely N-dealkylation sites (tertiary alicyclic amines) is 1. The third-order valence-corrected chi connectivity index (χ3v) is 5.91. The Morgan fingerprint density at radius 1 is 1.27 bits per heavy atom. The lowest BCUT2D eigenvalue weighted by molar-refractivity contribution is -0.134. The first-order valence-corrected chi connectivity index (χ1v) is 10.8. The van der Waals surface area contributed by atoms with E-state index in [1.54, 1.807) is 29.3 Å². The Morgan fingerprint density at radius 3 is 2.90 bits per heavy atom. The zero-order valence-electron chi connectivity index (χ0n) is 16.9. The lowest BCUT2D eigenvalue weighted by Crippen LogP contribution is -2.43. The summed E-state index contributed by atoms with van der Waals surface area (Å²) in [6.07, 6.45) is 4.13. The molecule has 2 aromatic rings. The largest absolute Gasteiger partial charge is 0.492 e. The number of anilines is 1. The van der Waals surface area contributed by atoms with Crippen molar-refractivity contribution in [1.29, 1.82) is 0 Å². The Balaban J connectivity index is 1.45. The molecule has 0 bridgehead atoms. The molecular formula is C22H25Cl2N3O3. The van der Waals surface area contributed by atoms with Crippen molar-refractivity contribution in [3.05, 3.63) is 52.1 Å². The topological polar surface area (TPSA) is 71.5 Å². The van der Waals surface area contributed by atoms with E-state index in [4.69, 9.17) is 27.9 Å². The van der Waals surface area contributed by atoms with Crippen molar-refractivity contribution >= 4 is 40.8 Å². The summed E-state index contributed by atoms with van der Waals surface area (Å²) in [6.45, 7) is 3.37. The summed E-state index contributed by atoms with van der Waals surface area (Å²) in [4.78, 5) is 31.2. The summed E-state index contributed by atoms with van der Waals surface area (Å²) in [5.41, 5.74) is 0.911. The van der Waals surface area contributed by atoms with Gasteiger partial charge in [0.1, 0.15) is 16.6 Å². The number of carbonyl (C=O) groups excluding carboxylic acids is 2. The van der Waals surface area contributed by atoms with Gasteiger partial charge in [0.25, 0.3) is 0 Å². The van der Waals surface area contributed by atoms with Gasteiger partial charge in [-0.15, -0.1) is 0 Å². The molecule has 1 N–H and O–H groups in total. The van der Waals surface area contributed by atoms with Crippen molar-refractivity contribution in [2.75, 3.05) is 25.0 Å². The van der Waals surface area contributed by atoms with Crippen molar-refractivity contribution in [2.24, 2.45) is 5.92 Å². The lowest BCUT2D eigenvalue weighted by atomic mass is 9.96. The van der Waals surface area contributed by atoms with Crippen LogP contribution in [0.4, 0.5) is 5.82 Å². The SMILES string of the molecule is Cc1cccnc1NC(=O)C1CCCN(C(=O)CCCOc2cccc(Cl)c2Cl)C1. The molecule has 2 amide bonds. The van der Waals surface area contributed by atoms with E-state index < -0.39 is 0 Å². The number of pyridine rings is 1. The van der Waals surface area contributed by atoms with Gasteiger partial charge < -0.3 is 15.0 Å². The second-order valence-electron chi connectivity index (χ2n) is 7.34. The highest BCUT2D eigenvalue weighted by molar-refractivity contribution is 6.42. The highest BCUT2D eigenvalue weighted by Crippen LogP contribution is 2.31. The maximum Gasteiger partial charge on any atom is 0.230 e. The maximum absolute atomic E-state index is 12.6. The summed E-state index contributed by atoms with van der Waals surface area (Å²) < 4.78 is 5.63. The molecule has 6 nitrogen and oxygen atoms in total. The van der Waals surface area contributed by atoms with Gasteiger partial charge >= 0.3 is 0 Å². The Kier molecular flexibility index (Phi) is 7.94. The molecule has 160 valence electrons. The molecule has 30 heavy (non-hydrogen) atoms. The predicted molar refractivity (Wildman–Crippen MR) is 118 cm³/mol. The molecule has 1 saturated heterocycles. The van der Waals surface area contributed by atoms with Crippen LogP contribution in [0, 0.1) is 12.8 Å². The van der Waals surface area contributed by atoms with Gasteiger partial charge in [0.2, 0.25) is 11.8 Å². The second-order valence-corrected chi connectivity index (χ2v) is 8.13. The molecule has 1 aliphatic rings. The Labute approximate surface area is 186 Å². The monoisotopic (exact) mass is 449 g/mol. The van der Waals surface area contributed by atoms with Gasteiger partial charge in [0.05, 0.1) is 17.5 Å². The molecule has 1 aromatic heterocycles. The van der Waals surface area contributed by atoms with Gasteiger partial charge in [-0.3, -0.25) is 9.59 Å². The van der Waals surface area contributed by atoms with Crippen LogP contribution in [0.5, 0.6) is 5.75 Å². The van der Waals surface area contributed by atoms with E-state index in [0.29, 0.717) is 54.2 Å². The number of amides is 2. The van der Waals surface area contributed by atoms with Gasteiger partial charge in [-0.05, 0) is 49.9 Å². The normalized spacial score (nSPS) is 16.2. The number of benzene rings is 1. The number of nitrogens with one attached hydrogen (secondary N) is 1. The molecule has 8 heteroatoms. The molecule has 2 heterocycles. The van der Waals surface area contributed by atoms with Gasteiger partial charge in [-0.1, -0.05) is 35.3 Å². The van der Waals surface area contributed by atoms with E-state index in [2.05, 4.69) is 10.3 Å². The Hall–Kier alpha value is -2.31. The van der Waals surface area contributed by atoms with Crippen molar-refractivity contribution < 1.29 is 14.3 Å². The van der Waals surface area contributed by atoms with Crippen molar-refractivity contribution in [2.45, 2.75) is 32.6 Å². The summed E-state index contributed by atoms with van der Waals surface area (Å²) in [5.74, 6) is 0.792. The summed E-state index contributed by atoms with van der Waals surface area (Å²) in [7, 11) is 0. The van der Waals surface area contributed by atoms with Crippen molar-refractivity contribution in [1.82, 2.24) is 9.88 Å². The van der Waals surface area contributed by atoms with Crippen LogP contribution in [0.15, 0.2) is 36.5 Å². The molecule has 0 radical (unpaired) electrons. The fourth-order valence-electron chi connectivity index (χ4n) is 3.41. The number of ether oxygens (including phenoxy) is 1. The Morgan fingerprint density at radius 2 is 2.10 bits per heavy atom. The van der Waals surface area contributed by atoms with Crippen LogP contribution in [-0.4, -0.2) is 41.4 Å². The molecule has 3 rings (SSSR count). The first-order valence-electron chi connectivity index (χ1n) is 10.0. The molecule has 0 aliphatic carbocycles. The molecule has 1 unspecified atom stereocenters. The summed E-state index contributed by atoms with van der Waals surface area (Å²) >= 11 is 12.1. The van der Waals surface area contributed by atoms with Crippen LogP contribution in [0.3, 0.4) is 0 Å². The second kappa shape index (κ2) is 10.6. The van der Waals surface area contributed by atoms with E-state index in [1.807, 2.05) is 19.1 Å². The first kappa shape index (κ1) is 22.4. The van der Waals surface area contributed by atoms with Crippen molar-refractivity contribution in [3.63, 3.8) is 0 Å². The molecule has 1 atom stereocenters. The number of nitrogens with zero attached hydrogens (tertiary/aromatic N) is 2. The number of piperidine rings is 1. The van der Waals surface area contributed by atoms with E-state index in [1.165, 1.54) is 0 Å². The minimum Gasteiger partial charge on any atom is -0.492 e. The number of halogens is 2. The minimum atomic E-state index is -0.231. The standard InChI is InChI=1S/C22H25Cl2N3O3/c1-15-6-3-11-25-21(15)26-22(29)16-7-4-12-27(14-16)19(28)10-5-13-30-18-9-2-8-17(23)20(18)24/h2-3,6,8-9,11,16H,4-5,7,10,12-14H2,1H3,(H,25,26,29). The average Bonchev–Trinajstić information content (AvgIpc) is 2.75. The Bertz CT molecular complexity index is 907. The fourth-order valence-corrected chi connectivity index (χ4v) is 3.76. The fraction of sp³-hybridized carbons (Fsp3) is 0.409. The number of aryl methyl sites for hydroxylation is 1. The average molecular weight is 450 g/mol. The molecule has 1 fully saturated rings. The quantitative estimate of drug-likeness (QED) is 0.619. The first-order chi connectivity index (χ1) is 14.5. The number of carbonyl (C=O) groups is 2. The molecule has 0 spiro atoms. The maximum atomic E-state index is 12.6. The third-order valence-electron chi connectivity index (χ3n) is 5.10. The van der Waals surface area contributed by atoms with E-state index >= 15 is 0 Å². The van der Waals surface area contributed by atoms with E-state index in [-0.39, 0.29) is 17.7 Å². The highest BCUT2D eigenvalue weighted by Gasteiger charge is 2.28. The number of rotatable bonds is 7. The molecular weight excluding hydrogens is 425 g/mol. The summed E-state index contributed by atoms with van der Waals surface area (Å²) in [5, 5.41) is 3.70. The van der Waals surface area contributed by atoms with Gasteiger partial charge in [-0.2, -0.15) is 0 Å². The number of aromatic nitrogens is 1. The lowest BCUT2D eigenvalue weighted by Gasteiger charge is -2.32. The summed E-state index contributed by atoms with van der Waals surface area (Å²) in [6, 6.07) is 8.93. The van der Waals surface area contributed by atoms with Gasteiger partial charge in [-0.25, -0.2) is 4.98 Å². The highest BCUT2D eigenvalue weighted by atomic mass is 35.5. The van der Waals surface area contributed by atoms with Gasteiger partial charge in [0.15, 0.2) is 0 Å². The molecule has 0 saturated carbocycles. The van der Waals surface area contributed by atoms with E-state index in [9.17, 15) is 9.59 Å². The molecule has 1 aromatic carbocycles. The predicted octanol–water partition coefficient (Wildman–Crippen LogP) is 4.73. The van der Waals surface area contributed by atoms with Crippen LogP contribution in [-0.2, 0) is 9.59 Å². The van der Waals surface area contributed by atoms with Crippen LogP contribution in [0.1, 0.15) is 31.2 Å². The van der Waals surface area contributed by atoms with E-state index in [0.717, 1.165) is 18.4 Å². The van der Waals surface area contributed by atoms with Crippen LogP contribution in [0.25, 0.3) is 0 Å². The number of hydrogen-bond acceptors (Lipinski definition) is 4. The third kappa shape index (κ3) is 5.86. The minimum absolute atomic E-state index is 0.0299. The van der Waals surface area contributed by atoms with Crippen LogP contribution in [0.2, 0.25) is 10.0 Å². The zero-order chi connectivity index (χ0) is 21.5. The van der Waals surface area contributed by atoms with Gasteiger partial charge in [0, 0.05) is 25.7 Å². The number of hydrogen-bond donors (Lipinski definition) is 1.